The molecule has 0 bridgehead atoms. The Labute approximate surface area is 98.6 Å². The van der Waals surface area contributed by atoms with Crippen molar-refractivity contribution in [1.82, 2.24) is 10.2 Å². The molecule has 0 atom stereocenters. The van der Waals surface area contributed by atoms with Crippen molar-refractivity contribution in [3.8, 4) is 6.07 Å². The zero-order chi connectivity index (χ0) is 12.4. The highest BCUT2D eigenvalue weighted by Gasteiger charge is 2.08. The Kier molecular flexibility index (Phi) is 8.55. The number of rotatable bonds is 8. The maximum atomic E-state index is 11.5. The summed E-state index contributed by atoms with van der Waals surface area (Å²) in [6.07, 6.45) is 1.49. The zero-order valence-electron chi connectivity index (χ0n) is 10.6. The Hall–Kier alpha value is -1.08. The maximum absolute atomic E-state index is 11.5. The SMILES string of the molecule is CCN(CCC#N)CC(=O)NCCC(C)C. The minimum absolute atomic E-state index is 0.0560. The number of carbonyl (C=O) groups excluding carboxylic acids is 1. The van der Waals surface area contributed by atoms with E-state index in [0.717, 1.165) is 19.5 Å². The van der Waals surface area contributed by atoms with Gasteiger partial charge in [0.2, 0.25) is 5.91 Å². The fraction of sp³-hybridized carbons (Fsp3) is 0.833. The number of nitrogens with zero attached hydrogens (tertiary/aromatic N) is 2. The van der Waals surface area contributed by atoms with E-state index in [1.54, 1.807) is 0 Å². The van der Waals surface area contributed by atoms with Crippen LogP contribution in [0.5, 0.6) is 0 Å². The molecule has 0 radical (unpaired) electrons. The summed E-state index contributed by atoms with van der Waals surface area (Å²) in [7, 11) is 0. The summed E-state index contributed by atoms with van der Waals surface area (Å²) < 4.78 is 0. The summed E-state index contributed by atoms with van der Waals surface area (Å²) in [5.41, 5.74) is 0. The van der Waals surface area contributed by atoms with Crippen LogP contribution in [-0.4, -0.2) is 37.0 Å². The second kappa shape index (κ2) is 9.17. The minimum Gasteiger partial charge on any atom is -0.355 e. The number of amides is 1. The molecule has 0 saturated heterocycles. The van der Waals surface area contributed by atoms with Crippen molar-refractivity contribution in [3.05, 3.63) is 0 Å². The molecule has 0 aromatic carbocycles. The predicted octanol–water partition coefficient (Wildman–Crippen LogP) is 1.38. The fourth-order valence-corrected chi connectivity index (χ4v) is 1.32. The van der Waals surface area contributed by atoms with Crippen LogP contribution in [0.4, 0.5) is 0 Å². The fourth-order valence-electron chi connectivity index (χ4n) is 1.32. The first-order valence-corrected chi connectivity index (χ1v) is 5.96. The molecule has 0 rings (SSSR count). The topological polar surface area (TPSA) is 56.1 Å². The predicted molar refractivity (Wildman–Crippen MR) is 64.8 cm³/mol. The molecule has 4 nitrogen and oxygen atoms in total. The van der Waals surface area contributed by atoms with Gasteiger partial charge in [0.1, 0.15) is 0 Å². The molecule has 0 aliphatic heterocycles. The van der Waals surface area contributed by atoms with Crippen LogP contribution in [0.1, 0.15) is 33.6 Å². The third-order valence-corrected chi connectivity index (χ3v) is 2.40. The van der Waals surface area contributed by atoms with E-state index >= 15 is 0 Å². The highest BCUT2D eigenvalue weighted by molar-refractivity contribution is 5.77. The van der Waals surface area contributed by atoms with E-state index in [1.165, 1.54) is 0 Å². The van der Waals surface area contributed by atoms with Crippen LogP contribution in [0, 0.1) is 17.2 Å². The van der Waals surface area contributed by atoms with Crippen LogP contribution < -0.4 is 5.32 Å². The highest BCUT2D eigenvalue weighted by Crippen LogP contribution is 1.96. The molecule has 0 fully saturated rings. The molecule has 0 spiro atoms. The molecular weight excluding hydrogens is 202 g/mol. The maximum Gasteiger partial charge on any atom is 0.234 e. The first-order chi connectivity index (χ1) is 7.60. The number of likely N-dealkylation sites (N-methyl/N-ethyl adjacent to an activating group) is 1. The Morgan fingerprint density at radius 2 is 2.19 bits per heavy atom. The van der Waals surface area contributed by atoms with Crippen molar-refractivity contribution in [2.45, 2.75) is 33.6 Å². The molecule has 0 saturated carbocycles. The smallest absolute Gasteiger partial charge is 0.234 e. The lowest BCUT2D eigenvalue weighted by molar-refractivity contribution is -0.122. The Bertz CT molecular complexity index is 233. The molecule has 16 heavy (non-hydrogen) atoms. The van der Waals surface area contributed by atoms with Gasteiger partial charge in [-0.3, -0.25) is 9.69 Å². The number of carbonyl (C=O) groups is 1. The lowest BCUT2D eigenvalue weighted by atomic mass is 10.1. The van der Waals surface area contributed by atoms with Gasteiger partial charge in [-0.25, -0.2) is 0 Å². The van der Waals surface area contributed by atoms with Gasteiger partial charge in [-0.05, 0) is 18.9 Å². The van der Waals surface area contributed by atoms with Crippen LogP contribution >= 0.6 is 0 Å². The normalized spacial score (nSPS) is 10.5. The zero-order valence-corrected chi connectivity index (χ0v) is 10.6. The van der Waals surface area contributed by atoms with Crippen LogP contribution in [0.2, 0.25) is 0 Å². The monoisotopic (exact) mass is 225 g/mol. The molecule has 1 amide bonds. The third kappa shape index (κ3) is 8.25. The number of hydrogen-bond acceptors (Lipinski definition) is 3. The van der Waals surface area contributed by atoms with Gasteiger partial charge in [-0.15, -0.1) is 0 Å². The van der Waals surface area contributed by atoms with Crippen LogP contribution in [0.25, 0.3) is 0 Å². The van der Waals surface area contributed by atoms with Crippen molar-refractivity contribution in [1.29, 1.82) is 5.26 Å². The van der Waals surface area contributed by atoms with Crippen molar-refractivity contribution < 1.29 is 4.79 Å². The van der Waals surface area contributed by atoms with E-state index < -0.39 is 0 Å². The molecule has 0 heterocycles. The van der Waals surface area contributed by atoms with Crippen molar-refractivity contribution >= 4 is 5.91 Å². The molecule has 0 aliphatic rings. The van der Waals surface area contributed by atoms with Crippen LogP contribution in [0.15, 0.2) is 0 Å². The van der Waals surface area contributed by atoms with E-state index in [1.807, 2.05) is 11.8 Å². The Balaban J connectivity index is 3.70. The van der Waals surface area contributed by atoms with E-state index in [2.05, 4.69) is 25.2 Å². The molecule has 0 aliphatic carbocycles. The average molecular weight is 225 g/mol. The Morgan fingerprint density at radius 3 is 2.69 bits per heavy atom. The minimum atomic E-state index is 0.0560. The van der Waals surface area contributed by atoms with Gasteiger partial charge in [0.25, 0.3) is 0 Å². The summed E-state index contributed by atoms with van der Waals surface area (Å²) in [6, 6.07) is 2.09. The van der Waals surface area contributed by atoms with Gasteiger partial charge >= 0.3 is 0 Å². The van der Waals surface area contributed by atoms with Gasteiger partial charge in [-0.1, -0.05) is 20.8 Å². The van der Waals surface area contributed by atoms with E-state index in [-0.39, 0.29) is 5.91 Å². The van der Waals surface area contributed by atoms with Crippen LogP contribution in [0.3, 0.4) is 0 Å². The van der Waals surface area contributed by atoms with Gasteiger partial charge in [0.05, 0.1) is 12.6 Å². The van der Waals surface area contributed by atoms with Crippen molar-refractivity contribution in [2.75, 3.05) is 26.2 Å². The van der Waals surface area contributed by atoms with E-state index in [9.17, 15) is 4.79 Å². The number of hydrogen-bond donors (Lipinski definition) is 1. The Morgan fingerprint density at radius 1 is 1.50 bits per heavy atom. The number of nitrogens with one attached hydrogen (secondary N) is 1. The highest BCUT2D eigenvalue weighted by atomic mass is 16.2. The van der Waals surface area contributed by atoms with Crippen molar-refractivity contribution in [3.63, 3.8) is 0 Å². The third-order valence-electron chi connectivity index (χ3n) is 2.40. The van der Waals surface area contributed by atoms with Crippen LogP contribution in [-0.2, 0) is 4.79 Å². The molecule has 0 aromatic rings. The molecule has 4 heteroatoms. The number of nitriles is 1. The summed E-state index contributed by atoms with van der Waals surface area (Å²) in [6.45, 7) is 8.89. The van der Waals surface area contributed by atoms with E-state index in [0.29, 0.717) is 25.4 Å². The van der Waals surface area contributed by atoms with Gasteiger partial charge in [0.15, 0.2) is 0 Å². The van der Waals surface area contributed by atoms with E-state index in [4.69, 9.17) is 5.26 Å². The van der Waals surface area contributed by atoms with Crippen molar-refractivity contribution in [2.24, 2.45) is 5.92 Å². The largest absolute Gasteiger partial charge is 0.355 e. The van der Waals surface area contributed by atoms with Gasteiger partial charge in [-0.2, -0.15) is 5.26 Å². The summed E-state index contributed by atoms with van der Waals surface area (Å²) in [5, 5.41) is 11.4. The lowest BCUT2D eigenvalue weighted by Crippen LogP contribution is -2.38. The lowest BCUT2D eigenvalue weighted by Gasteiger charge is -2.18. The van der Waals surface area contributed by atoms with Gasteiger partial charge in [0, 0.05) is 19.5 Å². The first-order valence-electron chi connectivity index (χ1n) is 5.96. The second-order valence-electron chi connectivity index (χ2n) is 4.31. The molecule has 1 N–H and O–H groups in total. The standard InChI is InChI=1S/C12H23N3O/c1-4-15(9-5-7-13)10-12(16)14-8-6-11(2)3/h11H,4-6,8-10H2,1-3H3,(H,14,16). The average Bonchev–Trinajstić information content (AvgIpc) is 2.23. The summed E-state index contributed by atoms with van der Waals surface area (Å²) in [5.74, 6) is 0.668. The first kappa shape index (κ1) is 14.9. The molecule has 92 valence electrons. The molecule has 0 aromatic heterocycles. The quantitative estimate of drug-likeness (QED) is 0.679. The second-order valence-corrected chi connectivity index (χ2v) is 4.31. The summed E-state index contributed by atoms with van der Waals surface area (Å²) in [4.78, 5) is 13.5. The summed E-state index contributed by atoms with van der Waals surface area (Å²) >= 11 is 0. The van der Waals surface area contributed by atoms with Gasteiger partial charge < -0.3 is 5.32 Å². The molecular formula is C12H23N3O. The molecule has 0 unspecified atom stereocenters.